The van der Waals surface area contributed by atoms with Gasteiger partial charge in [-0.2, -0.15) is 4.31 Å². The molecule has 2 aliphatic rings. The van der Waals surface area contributed by atoms with Crippen LogP contribution in [0.1, 0.15) is 34.3 Å². The predicted molar refractivity (Wildman–Crippen MR) is 142 cm³/mol. The Morgan fingerprint density at radius 3 is 2.42 bits per heavy atom. The van der Waals surface area contributed by atoms with E-state index in [1.807, 2.05) is 4.90 Å². The summed E-state index contributed by atoms with van der Waals surface area (Å²) in [6, 6.07) is 10.5. The van der Waals surface area contributed by atoms with Crippen molar-refractivity contribution in [3.8, 4) is 0 Å². The molecule has 5 rings (SSSR count). The molecule has 0 spiro atoms. The van der Waals surface area contributed by atoms with Crippen molar-refractivity contribution in [1.29, 1.82) is 0 Å². The Hall–Kier alpha value is -2.53. The lowest BCUT2D eigenvalue weighted by molar-refractivity contribution is 0.0746. The number of thiazole rings is 1. The van der Waals surface area contributed by atoms with E-state index in [1.54, 1.807) is 30.5 Å². The maximum atomic E-state index is 13.1. The van der Waals surface area contributed by atoms with Crippen LogP contribution in [0.15, 0.2) is 41.3 Å². The molecule has 3 heterocycles. The Kier molecular flexibility index (Phi) is 7.04. The minimum Gasteiger partial charge on any atom is -0.377 e. The van der Waals surface area contributed by atoms with Crippen molar-refractivity contribution in [1.82, 2.24) is 14.2 Å². The quantitative estimate of drug-likeness (QED) is 0.486. The molecule has 0 saturated carbocycles. The number of rotatable bonds is 6. The van der Waals surface area contributed by atoms with Crippen LogP contribution in [0, 0.1) is 13.8 Å². The molecular weight excluding hydrogens is 496 g/mol. The van der Waals surface area contributed by atoms with Gasteiger partial charge >= 0.3 is 0 Å². The number of aromatic nitrogens is 1. The lowest BCUT2D eigenvalue weighted by atomic mass is 10.1. The summed E-state index contributed by atoms with van der Waals surface area (Å²) in [5, 5.41) is 0.996. The highest BCUT2D eigenvalue weighted by Crippen LogP contribution is 2.33. The number of hydrogen-bond acceptors (Lipinski definition) is 7. The third kappa shape index (κ3) is 4.87. The molecule has 8 nitrogen and oxygen atoms in total. The maximum Gasteiger partial charge on any atom is 0.253 e. The highest BCUT2D eigenvalue weighted by atomic mass is 32.2. The molecule has 1 aromatic heterocycles. The summed E-state index contributed by atoms with van der Waals surface area (Å²) in [6.07, 6.45) is 1.78. The molecule has 3 aromatic rings. The Balaban J connectivity index is 1.22. The van der Waals surface area contributed by atoms with E-state index in [9.17, 15) is 13.2 Å². The van der Waals surface area contributed by atoms with E-state index < -0.39 is 10.0 Å². The molecule has 2 fully saturated rings. The number of ether oxygens (including phenoxy) is 1. The van der Waals surface area contributed by atoms with Crippen molar-refractivity contribution >= 4 is 42.6 Å². The lowest BCUT2D eigenvalue weighted by Gasteiger charge is -2.34. The second-order valence-corrected chi connectivity index (χ2v) is 12.6. The van der Waals surface area contributed by atoms with Crippen LogP contribution in [-0.4, -0.2) is 81.0 Å². The number of anilines is 1. The summed E-state index contributed by atoms with van der Waals surface area (Å²) in [5.41, 5.74) is 3.97. The number of benzene rings is 2. The molecule has 192 valence electrons. The highest BCUT2D eigenvalue weighted by molar-refractivity contribution is 7.89. The van der Waals surface area contributed by atoms with Crippen LogP contribution in [0.4, 0.5) is 5.13 Å². The first kappa shape index (κ1) is 25.1. The zero-order chi connectivity index (χ0) is 25.4. The molecule has 1 amide bonds. The first-order chi connectivity index (χ1) is 17.2. The van der Waals surface area contributed by atoms with Gasteiger partial charge in [0.25, 0.3) is 5.91 Å². The number of carbonyl (C=O) groups excluding carboxylic acids is 1. The fourth-order valence-corrected chi connectivity index (χ4v) is 7.16. The third-order valence-corrected chi connectivity index (χ3v) is 10.2. The molecule has 0 aliphatic carbocycles. The van der Waals surface area contributed by atoms with Gasteiger partial charge in [-0.15, -0.1) is 0 Å². The zero-order valence-corrected chi connectivity index (χ0v) is 22.6. The molecule has 2 aromatic carbocycles. The van der Waals surface area contributed by atoms with Crippen molar-refractivity contribution < 1.29 is 17.9 Å². The molecular formula is C26H32N4O4S2. The first-order valence-corrected chi connectivity index (χ1v) is 14.6. The number of amides is 1. The molecule has 36 heavy (non-hydrogen) atoms. The average Bonchev–Trinajstić information content (AvgIpc) is 3.57. The SMILES string of the molecule is Cc1ccc(C)c2sc(N3CCN(C(=O)c4ccc(S(=O)(=O)N(C)CC5CCCO5)cc4)CC3)nc12. The molecule has 2 aliphatic heterocycles. The third-order valence-electron chi connectivity index (χ3n) is 7.06. The standard InChI is InChI=1S/C26H32N4O4S2/c1-18-6-7-19(2)24-23(18)27-26(35-24)30-14-12-29(13-15-30)25(31)20-8-10-22(11-9-20)36(32,33)28(3)17-21-5-4-16-34-21/h6-11,21H,4-5,12-17H2,1-3H3. The summed E-state index contributed by atoms with van der Waals surface area (Å²) >= 11 is 1.71. The van der Waals surface area contributed by atoms with Gasteiger partial charge in [0.1, 0.15) is 0 Å². The van der Waals surface area contributed by atoms with Crippen LogP contribution in [-0.2, 0) is 14.8 Å². The van der Waals surface area contributed by atoms with Gasteiger partial charge in [0.15, 0.2) is 5.13 Å². The van der Waals surface area contributed by atoms with E-state index in [0.29, 0.717) is 44.9 Å². The molecule has 2 saturated heterocycles. The number of fused-ring (bicyclic) bond motifs is 1. The van der Waals surface area contributed by atoms with Crippen molar-refractivity contribution in [2.45, 2.75) is 37.7 Å². The summed E-state index contributed by atoms with van der Waals surface area (Å²) in [4.78, 5) is 22.2. The number of carbonyl (C=O) groups is 1. The monoisotopic (exact) mass is 528 g/mol. The smallest absolute Gasteiger partial charge is 0.253 e. The lowest BCUT2D eigenvalue weighted by Crippen LogP contribution is -2.48. The largest absolute Gasteiger partial charge is 0.377 e. The first-order valence-electron chi connectivity index (χ1n) is 12.3. The van der Waals surface area contributed by atoms with E-state index in [-0.39, 0.29) is 16.9 Å². The van der Waals surface area contributed by atoms with Crippen molar-refractivity contribution in [3.63, 3.8) is 0 Å². The number of likely N-dealkylation sites (N-methyl/N-ethyl adjacent to an activating group) is 1. The highest BCUT2D eigenvalue weighted by Gasteiger charge is 2.28. The van der Waals surface area contributed by atoms with E-state index in [2.05, 4.69) is 30.9 Å². The summed E-state index contributed by atoms with van der Waals surface area (Å²) in [5.74, 6) is -0.0812. The van der Waals surface area contributed by atoms with Crippen molar-refractivity contribution in [2.24, 2.45) is 0 Å². The Morgan fingerprint density at radius 2 is 1.78 bits per heavy atom. The van der Waals surface area contributed by atoms with E-state index in [1.165, 1.54) is 32.3 Å². The summed E-state index contributed by atoms with van der Waals surface area (Å²) in [6.45, 7) is 7.83. The Labute approximate surface area is 216 Å². The predicted octanol–water partition coefficient (Wildman–Crippen LogP) is 3.68. The molecule has 10 heteroatoms. The summed E-state index contributed by atoms with van der Waals surface area (Å²) < 4.78 is 34.0. The normalized spacial score (nSPS) is 18.9. The topological polar surface area (TPSA) is 83.1 Å². The second kappa shape index (κ2) is 10.1. The number of sulfonamides is 1. The second-order valence-electron chi connectivity index (χ2n) is 9.60. The van der Waals surface area contributed by atoms with Gasteiger partial charge in [-0.3, -0.25) is 4.79 Å². The van der Waals surface area contributed by atoms with Crippen LogP contribution < -0.4 is 4.90 Å². The number of piperazine rings is 1. The maximum absolute atomic E-state index is 13.1. The molecule has 1 unspecified atom stereocenters. The fourth-order valence-electron chi connectivity index (χ4n) is 4.79. The molecule has 0 radical (unpaired) electrons. The minimum absolute atomic E-state index is 0.0555. The Morgan fingerprint density at radius 1 is 1.08 bits per heavy atom. The van der Waals surface area contributed by atoms with Gasteiger partial charge in [0, 0.05) is 51.9 Å². The van der Waals surface area contributed by atoms with Crippen molar-refractivity contribution in [3.05, 3.63) is 53.1 Å². The van der Waals surface area contributed by atoms with Gasteiger partial charge in [0.05, 0.1) is 21.2 Å². The summed E-state index contributed by atoms with van der Waals surface area (Å²) in [7, 11) is -2.06. The van der Waals surface area contributed by atoms with Crippen LogP contribution >= 0.6 is 11.3 Å². The number of hydrogen-bond donors (Lipinski definition) is 0. The van der Waals surface area contributed by atoms with Crippen LogP contribution in [0.2, 0.25) is 0 Å². The zero-order valence-electron chi connectivity index (χ0n) is 20.9. The van der Waals surface area contributed by atoms with Gasteiger partial charge in [-0.25, -0.2) is 13.4 Å². The van der Waals surface area contributed by atoms with Crippen LogP contribution in [0.5, 0.6) is 0 Å². The Bertz CT molecular complexity index is 1320. The van der Waals surface area contributed by atoms with Gasteiger partial charge in [0.2, 0.25) is 10.0 Å². The van der Waals surface area contributed by atoms with Crippen LogP contribution in [0.25, 0.3) is 10.2 Å². The van der Waals surface area contributed by atoms with E-state index in [0.717, 1.165) is 23.5 Å². The van der Waals surface area contributed by atoms with Crippen LogP contribution in [0.3, 0.4) is 0 Å². The molecule has 1 atom stereocenters. The fraction of sp³-hybridized carbons (Fsp3) is 0.462. The van der Waals surface area contributed by atoms with Gasteiger partial charge in [-0.05, 0) is 62.1 Å². The number of nitrogens with zero attached hydrogens (tertiary/aromatic N) is 4. The van der Waals surface area contributed by atoms with E-state index >= 15 is 0 Å². The van der Waals surface area contributed by atoms with E-state index in [4.69, 9.17) is 9.72 Å². The minimum atomic E-state index is -3.63. The van der Waals surface area contributed by atoms with Gasteiger partial charge in [-0.1, -0.05) is 23.5 Å². The number of aryl methyl sites for hydroxylation is 2. The van der Waals surface area contributed by atoms with Crippen molar-refractivity contribution in [2.75, 3.05) is 51.3 Å². The average molecular weight is 529 g/mol. The van der Waals surface area contributed by atoms with Gasteiger partial charge < -0.3 is 14.5 Å². The molecule has 0 bridgehead atoms. The molecule has 0 N–H and O–H groups in total.